The topological polar surface area (TPSA) is 90.7 Å². The van der Waals surface area contributed by atoms with Crippen LogP contribution in [-0.4, -0.2) is 51.1 Å². The molecule has 1 aliphatic heterocycles. The first-order chi connectivity index (χ1) is 19.6. The lowest BCUT2D eigenvalue weighted by atomic mass is 9.80. The second-order valence-electron chi connectivity index (χ2n) is 9.97. The lowest BCUT2D eigenvalue weighted by Crippen LogP contribution is -2.58. The minimum Gasteiger partial charge on any atom is -0.497 e. The number of carbonyl (C=O) groups excluding carboxylic acids is 3. The van der Waals surface area contributed by atoms with Gasteiger partial charge in [-0.05, 0) is 73.0 Å². The summed E-state index contributed by atoms with van der Waals surface area (Å²) in [4.78, 5) is 40.7. The second kappa shape index (κ2) is 11.2. The number of hydrogen-bond acceptors (Lipinski definition) is 7. The van der Waals surface area contributed by atoms with E-state index in [0.29, 0.717) is 42.1 Å². The van der Waals surface area contributed by atoms with Crippen molar-refractivity contribution in [3.8, 4) is 5.75 Å². The highest BCUT2D eigenvalue weighted by atomic mass is 32.2. The second-order valence-corrected chi connectivity index (χ2v) is 11.0. The number of imide groups is 1. The van der Waals surface area contributed by atoms with E-state index in [2.05, 4.69) is 5.10 Å². The Morgan fingerprint density at radius 2 is 1.88 bits per heavy atom. The van der Waals surface area contributed by atoms with Crippen molar-refractivity contribution < 1.29 is 37.0 Å². The number of methoxy groups -OCH3 is 1. The number of esters is 1. The van der Waals surface area contributed by atoms with Crippen LogP contribution in [0.1, 0.15) is 55.7 Å². The van der Waals surface area contributed by atoms with Crippen LogP contribution < -0.4 is 4.74 Å². The number of aromatic nitrogens is 2. The number of rotatable bonds is 7. The standard InChI is InChI=1S/C29H28F3N3O5S/c1-3-40-26(37)28(11-5-4-6-12-28)35-25(36)24(41-27(35)38)14-18-7-10-23-20(13-18)16-33-34(23)17-19-8-9-21(39-2)15-22(19)29(30,31)32/h7-10,13-16H,3-6,11-12,17H2,1-2H3. The van der Waals surface area contributed by atoms with Gasteiger partial charge in [-0.25, -0.2) is 4.79 Å². The molecule has 1 aromatic heterocycles. The van der Waals surface area contributed by atoms with Gasteiger partial charge in [-0.15, -0.1) is 0 Å². The molecule has 2 amide bonds. The number of nitrogens with zero attached hydrogens (tertiary/aromatic N) is 3. The molecule has 0 radical (unpaired) electrons. The minimum atomic E-state index is -4.56. The zero-order chi connectivity index (χ0) is 29.4. The van der Waals surface area contributed by atoms with Crippen molar-refractivity contribution in [3.05, 3.63) is 64.2 Å². The molecule has 0 spiro atoms. The SMILES string of the molecule is CCOC(=O)C1(N2C(=O)SC(=Cc3ccc4c(cnn4Cc4ccc(OC)cc4C(F)(F)F)c3)C2=O)CCCCC1. The van der Waals surface area contributed by atoms with Crippen molar-refractivity contribution in [2.24, 2.45) is 0 Å². The number of benzene rings is 2. The van der Waals surface area contributed by atoms with Gasteiger partial charge in [0, 0.05) is 5.39 Å². The maximum atomic E-state index is 13.7. The highest BCUT2D eigenvalue weighted by molar-refractivity contribution is 8.18. The van der Waals surface area contributed by atoms with E-state index in [9.17, 15) is 27.6 Å². The number of thioether (sulfide) groups is 1. The number of halogens is 3. The maximum absolute atomic E-state index is 13.7. The van der Waals surface area contributed by atoms with E-state index in [1.807, 2.05) is 0 Å². The summed E-state index contributed by atoms with van der Waals surface area (Å²) in [5.41, 5.74) is -0.850. The molecule has 216 valence electrons. The first-order valence-electron chi connectivity index (χ1n) is 13.2. The molecule has 8 nitrogen and oxygen atoms in total. The van der Waals surface area contributed by atoms with E-state index < -0.39 is 34.4 Å². The summed E-state index contributed by atoms with van der Waals surface area (Å²) in [6, 6.07) is 8.96. The summed E-state index contributed by atoms with van der Waals surface area (Å²) in [7, 11) is 1.31. The van der Waals surface area contributed by atoms with Gasteiger partial charge in [-0.2, -0.15) is 18.3 Å². The van der Waals surface area contributed by atoms with Crippen LogP contribution in [0.5, 0.6) is 5.75 Å². The number of fused-ring (bicyclic) bond motifs is 1. The van der Waals surface area contributed by atoms with Gasteiger partial charge in [0.1, 0.15) is 11.3 Å². The molecule has 0 bridgehead atoms. The Kier molecular flexibility index (Phi) is 7.87. The zero-order valence-corrected chi connectivity index (χ0v) is 23.3. The molecular weight excluding hydrogens is 559 g/mol. The number of alkyl halides is 3. The van der Waals surface area contributed by atoms with E-state index in [1.54, 1.807) is 31.2 Å². The molecule has 0 atom stereocenters. The Balaban J connectivity index is 1.42. The van der Waals surface area contributed by atoms with Crippen molar-refractivity contribution in [1.29, 1.82) is 0 Å². The van der Waals surface area contributed by atoms with Crippen LogP contribution in [0, 0.1) is 0 Å². The molecule has 2 heterocycles. The van der Waals surface area contributed by atoms with Crippen molar-refractivity contribution in [3.63, 3.8) is 0 Å². The molecule has 3 aromatic rings. The average Bonchev–Trinajstić information content (AvgIpc) is 3.47. The Hall–Kier alpha value is -3.80. The Morgan fingerprint density at radius 1 is 1.12 bits per heavy atom. The molecule has 0 N–H and O–H groups in total. The highest BCUT2D eigenvalue weighted by Crippen LogP contribution is 2.44. The molecule has 2 aromatic carbocycles. The number of carbonyl (C=O) groups is 3. The highest BCUT2D eigenvalue weighted by Gasteiger charge is 2.55. The summed E-state index contributed by atoms with van der Waals surface area (Å²) in [5, 5.41) is 4.43. The van der Waals surface area contributed by atoms with Gasteiger partial charge in [0.05, 0.1) is 42.4 Å². The van der Waals surface area contributed by atoms with Gasteiger partial charge in [0.15, 0.2) is 0 Å². The monoisotopic (exact) mass is 587 g/mol. The summed E-state index contributed by atoms with van der Waals surface area (Å²) in [5.74, 6) is -0.982. The van der Waals surface area contributed by atoms with E-state index >= 15 is 0 Å². The lowest BCUT2D eigenvalue weighted by Gasteiger charge is -2.40. The first kappa shape index (κ1) is 28.7. The Labute approximate surface area is 238 Å². The van der Waals surface area contributed by atoms with Crippen LogP contribution in [0.3, 0.4) is 0 Å². The molecule has 2 fully saturated rings. The van der Waals surface area contributed by atoms with Gasteiger partial charge < -0.3 is 9.47 Å². The Morgan fingerprint density at radius 3 is 2.56 bits per heavy atom. The smallest absolute Gasteiger partial charge is 0.416 e. The number of amides is 2. The third kappa shape index (κ3) is 5.44. The number of hydrogen-bond donors (Lipinski definition) is 0. The maximum Gasteiger partial charge on any atom is 0.416 e. The van der Waals surface area contributed by atoms with E-state index in [4.69, 9.17) is 9.47 Å². The molecule has 1 aliphatic carbocycles. The quantitative estimate of drug-likeness (QED) is 0.233. The molecule has 12 heteroatoms. The number of ether oxygens (including phenoxy) is 2. The fraction of sp³-hybridized carbons (Fsp3) is 0.379. The van der Waals surface area contributed by atoms with Crippen molar-refractivity contribution in [2.75, 3.05) is 13.7 Å². The van der Waals surface area contributed by atoms with Gasteiger partial charge in [-0.1, -0.05) is 31.4 Å². The van der Waals surface area contributed by atoms with Crippen LogP contribution in [0.4, 0.5) is 18.0 Å². The predicted molar refractivity (Wildman–Crippen MR) is 147 cm³/mol. The van der Waals surface area contributed by atoms with Crippen LogP contribution in [-0.2, 0) is 27.0 Å². The van der Waals surface area contributed by atoms with Crippen molar-refractivity contribution in [2.45, 2.75) is 57.3 Å². The van der Waals surface area contributed by atoms with Gasteiger partial charge in [0.25, 0.3) is 11.1 Å². The Bertz CT molecular complexity index is 1540. The van der Waals surface area contributed by atoms with E-state index in [-0.39, 0.29) is 29.4 Å². The van der Waals surface area contributed by atoms with Crippen molar-refractivity contribution >= 4 is 45.9 Å². The normalized spacial score (nSPS) is 18.4. The van der Waals surface area contributed by atoms with Gasteiger partial charge >= 0.3 is 12.1 Å². The van der Waals surface area contributed by atoms with Crippen molar-refractivity contribution in [1.82, 2.24) is 14.7 Å². The third-order valence-corrected chi connectivity index (χ3v) is 8.33. The summed E-state index contributed by atoms with van der Waals surface area (Å²) in [6.07, 6.45) is 1.62. The van der Waals surface area contributed by atoms with Gasteiger partial charge in [-0.3, -0.25) is 19.2 Å². The molecule has 1 saturated carbocycles. The van der Waals surface area contributed by atoms with Crippen LogP contribution in [0.15, 0.2) is 47.5 Å². The molecule has 41 heavy (non-hydrogen) atoms. The molecular formula is C29H28F3N3O5S. The first-order valence-corrected chi connectivity index (χ1v) is 14.0. The predicted octanol–water partition coefficient (Wildman–Crippen LogP) is 6.41. The van der Waals surface area contributed by atoms with E-state index in [0.717, 1.165) is 29.1 Å². The molecule has 2 aliphatic rings. The van der Waals surface area contributed by atoms with Crippen LogP contribution >= 0.6 is 11.8 Å². The fourth-order valence-electron chi connectivity index (χ4n) is 5.48. The summed E-state index contributed by atoms with van der Waals surface area (Å²) >= 11 is 0.777. The summed E-state index contributed by atoms with van der Waals surface area (Å²) in [6.45, 7) is 1.72. The molecule has 0 unspecified atom stereocenters. The minimum absolute atomic E-state index is 0.0410. The summed E-state index contributed by atoms with van der Waals surface area (Å²) < 4.78 is 52.8. The lowest BCUT2D eigenvalue weighted by molar-refractivity contribution is -0.161. The largest absolute Gasteiger partial charge is 0.497 e. The van der Waals surface area contributed by atoms with E-state index in [1.165, 1.54) is 30.1 Å². The third-order valence-electron chi connectivity index (χ3n) is 7.46. The van der Waals surface area contributed by atoms with Gasteiger partial charge in [0.2, 0.25) is 0 Å². The zero-order valence-electron chi connectivity index (χ0n) is 22.5. The van der Waals surface area contributed by atoms with Crippen LogP contribution in [0.2, 0.25) is 0 Å². The molecule has 1 saturated heterocycles. The average molecular weight is 588 g/mol. The molecule has 5 rings (SSSR count). The fourth-order valence-corrected chi connectivity index (χ4v) is 6.39. The van der Waals surface area contributed by atoms with Crippen LogP contribution in [0.25, 0.3) is 17.0 Å².